The van der Waals surface area contributed by atoms with Crippen LogP contribution in [0.2, 0.25) is 0 Å². The monoisotopic (exact) mass is 167 g/mol. The van der Waals surface area contributed by atoms with Gasteiger partial charge in [-0.1, -0.05) is 0 Å². The summed E-state index contributed by atoms with van der Waals surface area (Å²) in [5.74, 6) is 0. The Bertz CT molecular complexity index is 171. The molecule has 1 rings (SSSR count). The summed E-state index contributed by atoms with van der Waals surface area (Å²) in [6.45, 7) is 7.18. The summed E-state index contributed by atoms with van der Waals surface area (Å²) in [6.07, 6.45) is 1.18. The van der Waals surface area contributed by atoms with E-state index in [0.29, 0.717) is 18.6 Å². The Morgan fingerprint density at radius 1 is 1.67 bits per heavy atom. The second-order valence-corrected chi connectivity index (χ2v) is 3.61. The number of hydrogen-bond donors (Lipinski definition) is 1. The Balaban J connectivity index is 2.22. The first kappa shape index (κ1) is 9.50. The molecule has 1 heterocycles. The van der Waals surface area contributed by atoms with Crippen molar-refractivity contribution in [3.63, 3.8) is 0 Å². The van der Waals surface area contributed by atoms with Gasteiger partial charge in [-0.25, -0.2) is 0 Å². The van der Waals surface area contributed by atoms with Gasteiger partial charge in [-0.3, -0.25) is 4.90 Å². The van der Waals surface area contributed by atoms with Crippen molar-refractivity contribution in [3.8, 4) is 6.07 Å². The molecule has 3 heteroatoms. The molecule has 0 radical (unpaired) electrons. The fourth-order valence-electron chi connectivity index (χ4n) is 1.61. The highest BCUT2D eigenvalue weighted by molar-refractivity contribution is 4.85. The van der Waals surface area contributed by atoms with Gasteiger partial charge in [0.1, 0.15) is 0 Å². The lowest BCUT2D eigenvalue weighted by atomic mass is 10.3. The minimum Gasteiger partial charge on any atom is -0.300 e. The first-order valence-electron chi connectivity index (χ1n) is 4.58. The number of likely N-dealkylation sites (tertiary alicyclic amines) is 1. The standard InChI is InChI=1S/C9H17N3/c1-8(2)12-6-3-9(7-12)11-5-4-10/h8-9,11H,3,5-7H2,1-2H3. The van der Waals surface area contributed by atoms with Crippen molar-refractivity contribution < 1.29 is 0 Å². The van der Waals surface area contributed by atoms with Gasteiger partial charge in [0.25, 0.3) is 0 Å². The van der Waals surface area contributed by atoms with Crippen LogP contribution in [0.3, 0.4) is 0 Å². The second kappa shape index (κ2) is 4.44. The minimum atomic E-state index is 0.483. The van der Waals surface area contributed by atoms with Crippen molar-refractivity contribution in [1.82, 2.24) is 10.2 Å². The van der Waals surface area contributed by atoms with E-state index < -0.39 is 0 Å². The number of rotatable bonds is 3. The molecular formula is C9H17N3. The van der Waals surface area contributed by atoms with E-state index in [1.807, 2.05) is 0 Å². The summed E-state index contributed by atoms with van der Waals surface area (Å²) in [4.78, 5) is 2.44. The minimum absolute atomic E-state index is 0.483. The first-order valence-corrected chi connectivity index (χ1v) is 4.58. The molecule has 1 aliphatic rings. The summed E-state index contributed by atoms with van der Waals surface area (Å²) < 4.78 is 0. The third-order valence-electron chi connectivity index (χ3n) is 2.42. The van der Waals surface area contributed by atoms with Crippen molar-refractivity contribution >= 4 is 0 Å². The lowest BCUT2D eigenvalue weighted by Gasteiger charge is -2.20. The highest BCUT2D eigenvalue weighted by Crippen LogP contribution is 2.11. The molecule has 0 aromatic rings. The van der Waals surface area contributed by atoms with Gasteiger partial charge in [-0.2, -0.15) is 5.26 Å². The molecule has 1 saturated heterocycles. The Morgan fingerprint density at radius 2 is 2.42 bits per heavy atom. The predicted octanol–water partition coefficient (Wildman–Crippen LogP) is 0.582. The molecule has 0 aromatic heterocycles. The van der Waals surface area contributed by atoms with Crippen molar-refractivity contribution in [3.05, 3.63) is 0 Å². The average Bonchev–Trinajstić information content (AvgIpc) is 2.48. The number of nitrogens with zero attached hydrogens (tertiary/aromatic N) is 2. The van der Waals surface area contributed by atoms with Crippen molar-refractivity contribution in [2.45, 2.75) is 32.4 Å². The van der Waals surface area contributed by atoms with E-state index in [0.717, 1.165) is 6.54 Å². The van der Waals surface area contributed by atoms with Crippen molar-refractivity contribution in [1.29, 1.82) is 5.26 Å². The second-order valence-electron chi connectivity index (χ2n) is 3.61. The molecule has 3 nitrogen and oxygen atoms in total. The van der Waals surface area contributed by atoms with E-state index in [9.17, 15) is 0 Å². The van der Waals surface area contributed by atoms with Gasteiger partial charge in [0.2, 0.25) is 0 Å². The van der Waals surface area contributed by atoms with Gasteiger partial charge in [-0.15, -0.1) is 0 Å². The van der Waals surface area contributed by atoms with Crippen LogP contribution in [0.4, 0.5) is 0 Å². The maximum absolute atomic E-state index is 8.38. The van der Waals surface area contributed by atoms with Crippen LogP contribution in [0.1, 0.15) is 20.3 Å². The van der Waals surface area contributed by atoms with Gasteiger partial charge in [0.15, 0.2) is 0 Å². The molecule has 68 valence electrons. The van der Waals surface area contributed by atoms with Crippen LogP contribution in [0.25, 0.3) is 0 Å². The molecule has 0 bridgehead atoms. The van der Waals surface area contributed by atoms with Crippen LogP contribution >= 0.6 is 0 Å². The van der Waals surface area contributed by atoms with Gasteiger partial charge >= 0.3 is 0 Å². The Hall–Kier alpha value is -0.590. The molecular weight excluding hydrogens is 150 g/mol. The molecule has 0 spiro atoms. The van der Waals surface area contributed by atoms with Crippen LogP contribution in [-0.4, -0.2) is 36.6 Å². The molecule has 0 aromatic carbocycles. The van der Waals surface area contributed by atoms with Crippen LogP contribution in [0.15, 0.2) is 0 Å². The predicted molar refractivity (Wildman–Crippen MR) is 48.7 cm³/mol. The Kier molecular flexibility index (Phi) is 3.51. The zero-order chi connectivity index (χ0) is 8.97. The lowest BCUT2D eigenvalue weighted by Crippen LogP contribution is -2.35. The summed E-state index contributed by atoms with van der Waals surface area (Å²) in [6, 6.07) is 3.28. The van der Waals surface area contributed by atoms with Gasteiger partial charge in [0.05, 0.1) is 12.6 Å². The fraction of sp³-hybridized carbons (Fsp3) is 0.889. The molecule has 1 atom stereocenters. The summed E-state index contributed by atoms with van der Waals surface area (Å²) in [5.41, 5.74) is 0. The molecule has 0 amide bonds. The van der Waals surface area contributed by atoms with Gasteiger partial charge in [-0.05, 0) is 26.8 Å². The molecule has 0 aliphatic carbocycles. The maximum Gasteiger partial charge on any atom is 0.0843 e. The van der Waals surface area contributed by atoms with Crippen molar-refractivity contribution in [2.75, 3.05) is 19.6 Å². The van der Waals surface area contributed by atoms with Gasteiger partial charge < -0.3 is 5.32 Å². The average molecular weight is 167 g/mol. The van der Waals surface area contributed by atoms with E-state index in [4.69, 9.17) is 5.26 Å². The maximum atomic E-state index is 8.38. The van der Waals surface area contributed by atoms with Crippen LogP contribution < -0.4 is 5.32 Å². The van der Waals surface area contributed by atoms with Crippen LogP contribution in [-0.2, 0) is 0 Å². The quantitative estimate of drug-likeness (QED) is 0.625. The lowest BCUT2D eigenvalue weighted by molar-refractivity contribution is 0.269. The highest BCUT2D eigenvalue weighted by atomic mass is 15.2. The smallest absolute Gasteiger partial charge is 0.0843 e. The first-order chi connectivity index (χ1) is 5.74. The van der Waals surface area contributed by atoms with Crippen molar-refractivity contribution in [2.24, 2.45) is 0 Å². The van der Waals surface area contributed by atoms with Gasteiger partial charge in [0, 0.05) is 18.6 Å². The molecule has 1 N–H and O–H groups in total. The van der Waals surface area contributed by atoms with E-state index in [-0.39, 0.29) is 0 Å². The topological polar surface area (TPSA) is 39.1 Å². The summed E-state index contributed by atoms with van der Waals surface area (Å²) >= 11 is 0. The normalized spacial score (nSPS) is 24.7. The third kappa shape index (κ3) is 2.47. The zero-order valence-corrected chi connectivity index (χ0v) is 7.88. The SMILES string of the molecule is CC(C)N1CCC(NCC#N)C1. The summed E-state index contributed by atoms with van der Waals surface area (Å²) in [7, 11) is 0. The van der Waals surface area contributed by atoms with E-state index >= 15 is 0 Å². The van der Waals surface area contributed by atoms with Crippen LogP contribution in [0.5, 0.6) is 0 Å². The van der Waals surface area contributed by atoms with E-state index in [1.165, 1.54) is 13.0 Å². The molecule has 1 unspecified atom stereocenters. The summed E-state index contributed by atoms with van der Waals surface area (Å²) in [5, 5.41) is 11.6. The number of hydrogen-bond acceptors (Lipinski definition) is 3. The van der Waals surface area contributed by atoms with E-state index in [1.54, 1.807) is 0 Å². The zero-order valence-electron chi connectivity index (χ0n) is 7.88. The Morgan fingerprint density at radius 3 is 2.92 bits per heavy atom. The Labute approximate surface area is 74.4 Å². The number of nitrogens with one attached hydrogen (secondary N) is 1. The van der Waals surface area contributed by atoms with E-state index in [2.05, 4.69) is 30.1 Å². The molecule has 12 heavy (non-hydrogen) atoms. The third-order valence-corrected chi connectivity index (χ3v) is 2.42. The molecule has 1 aliphatic heterocycles. The van der Waals surface area contributed by atoms with Crippen LogP contribution in [0, 0.1) is 11.3 Å². The molecule has 1 fully saturated rings. The number of nitriles is 1. The largest absolute Gasteiger partial charge is 0.300 e. The highest BCUT2D eigenvalue weighted by Gasteiger charge is 2.22. The molecule has 0 saturated carbocycles. The fourth-order valence-corrected chi connectivity index (χ4v) is 1.61.